The Morgan fingerprint density at radius 2 is 1.60 bits per heavy atom. The summed E-state index contributed by atoms with van der Waals surface area (Å²) in [6.45, 7) is -0.113. The summed E-state index contributed by atoms with van der Waals surface area (Å²) in [4.78, 5) is 24.5. The maximum Gasteiger partial charge on any atom is 0.251 e. The number of anilines is 1. The van der Waals surface area contributed by atoms with E-state index in [9.17, 15) is 9.59 Å². The topological polar surface area (TPSA) is 84.0 Å². The first-order valence-corrected chi connectivity index (χ1v) is 11.1. The van der Waals surface area contributed by atoms with E-state index < -0.39 is 0 Å². The highest BCUT2D eigenvalue weighted by molar-refractivity contribution is 7.15. The molecule has 1 aliphatic rings. The summed E-state index contributed by atoms with van der Waals surface area (Å²) >= 11 is 1.43. The van der Waals surface area contributed by atoms with Crippen molar-refractivity contribution in [1.82, 2.24) is 15.5 Å². The summed E-state index contributed by atoms with van der Waals surface area (Å²) in [5.41, 5.74) is 2.64. The minimum absolute atomic E-state index is 0.113. The molecule has 0 atom stereocenters. The van der Waals surface area contributed by atoms with Crippen LogP contribution in [0.2, 0.25) is 0 Å². The average molecular weight is 421 g/mol. The molecule has 4 rings (SSSR count). The van der Waals surface area contributed by atoms with Crippen LogP contribution in [0.25, 0.3) is 11.1 Å². The fourth-order valence-corrected chi connectivity index (χ4v) is 4.60. The number of aromatic nitrogens is 2. The molecule has 0 radical (unpaired) electrons. The van der Waals surface area contributed by atoms with Gasteiger partial charge in [-0.1, -0.05) is 73.1 Å². The van der Waals surface area contributed by atoms with Gasteiger partial charge in [0.1, 0.15) is 5.01 Å². The number of benzene rings is 2. The standard InChI is InChI=1S/C23H24N4O2S/c28-20(25-23-27-26-22(30-23)19-9-5-2-6-10-19)15-24-21(29)18-13-11-17(12-14-18)16-7-3-1-4-8-16/h1,3-4,7-8,11-14,19H,2,5-6,9-10,15H2,(H,24,29)(H,25,27,28). The van der Waals surface area contributed by atoms with E-state index in [1.165, 1.54) is 30.6 Å². The van der Waals surface area contributed by atoms with Gasteiger partial charge < -0.3 is 5.32 Å². The third kappa shape index (κ3) is 5.10. The number of hydrogen-bond acceptors (Lipinski definition) is 5. The largest absolute Gasteiger partial charge is 0.343 e. The molecule has 2 amide bonds. The predicted octanol–water partition coefficient (Wildman–Crippen LogP) is 4.62. The Morgan fingerprint density at radius 1 is 0.900 bits per heavy atom. The third-order valence-electron chi connectivity index (χ3n) is 5.31. The highest BCUT2D eigenvalue weighted by Crippen LogP contribution is 2.35. The SMILES string of the molecule is O=C(CNC(=O)c1ccc(-c2ccccc2)cc1)Nc1nnc(C2CCCCC2)s1. The number of nitrogens with one attached hydrogen (secondary N) is 2. The summed E-state index contributed by atoms with van der Waals surface area (Å²) < 4.78 is 0. The molecule has 1 saturated carbocycles. The average Bonchev–Trinajstić information content (AvgIpc) is 3.27. The molecule has 2 aromatic carbocycles. The Hall–Kier alpha value is -3.06. The smallest absolute Gasteiger partial charge is 0.251 e. The maximum absolute atomic E-state index is 12.3. The van der Waals surface area contributed by atoms with Crippen molar-refractivity contribution in [3.63, 3.8) is 0 Å². The van der Waals surface area contributed by atoms with E-state index in [4.69, 9.17) is 0 Å². The molecule has 7 heteroatoms. The van der Waals surface area contributed by atoms with Crippen LogP contribution in [-0.2, 0) is 4.79 Å². The quantitative estimate of drug-likeness (QED) is 0.609. The van der Waals surface area contributed by atoms with Gasteiger partial charge in [-0.3, -0.25) is 14.9 Å². The van der Waals surface area contributed by atoms with Gasteiger partial charge in [0.15, 0.2) is 0 Å². The molecule has 2 N–H and O–H groups in total. The summed E-state index contributed by atoms with van der Waals surface area (Å²) in [6, 6.07) is 17.3. The van der Waals surface area contributed by atoms with Crippen LogP contribution < -0.4 is 10.6 Å². The van der Waals surface area contributed by atoms with Crippen LogP contribution in [0.5, 0.6) is 0 Å². The first kappa shape index (κ1) is 20.2. The van der Waals surface area contributed by atoms with Gasteiger partial charge in [0.05, 0.1) is 6.54 Å². The van der Waals surface area contributed by atoms with E-state index in [1.807, 2.05) is 42.5 Å². The summed E-state index contributed by atoms with van der Waals surface area (Å²) in [5.74, 6) is -0.138. The fraction of sp³-hybridized carbons (Fsp3) is 0.304. The Balaban J connectivity index is 1.27. The van der Waals surface area contributed by atoms with Crippen molar-refractivity contribution in [1.29, 1.82) is 0 Å². The van der Waals surface area contributed by atoms with Gasteiger partial charge in [-0.15, -0.1) is 10.2 Å². The van der Waals surface area contributed by atoms with Crippen LogP contribution in [0.1, 0.15) is 53.4 Å². The van der Waals surface area contributed by atoms with E-state index in [0.717, 1.165) is 29.0 Å². The van der Waals surface area contributed by atoms with Crippen LogP contribution in [0.15, 0.2) is 54.6 Å². The number of rotatable bonds is 6. The van der Waals surface area contributed by atoms with E-state index in [2.05, 4.69) is 20.8 Å². The molecule has 3 aromatic rings. The number of carbonyl (C=O) groups is 2. The van der Waals surface area contributed by atoms with Crippen LogP contribution in [0, 0.1) is 0 Å². The molecule has 30 heavy (non-hydrogen) atoms. The minimum Gasteiger partial charge on any atom is -0.343 e. The highest BCUT2D eigenvalue weighted by Gasteiger charge is 2.20. The molecule has 0 saturated heterocycles. The molecule has 1 aliphatic carbocycles. The molecular formula is C23H24N4O2S. The summed E-state index contributed by atoms with van der Waals surface area (Å²) in [5, 5.41) is 15.2. The first-order valence-electron chi connectivity index (χ1n) is 10.3. The van der Waals surface area contributed by atoms with Gasteiger partial charge >= 0.3 is 0 Å². The van der Waals surface area contributed by atoms with Gasteiger partial charge in [0, 0.05) is 11.5 Å². The molecule has 1 heterocycles. The first-order chi connectivity index (χ1) is 14.7. The van der Waals surface area contributed by atoms with Crippen LogP contribution in [0.4, 0.5) is 5.13 Å². The Labute approximate surface area is 179 Å². The Morgan fingerprint density at radius 3 is 2.33 bits per heavy atom. The Bertz CT molecular complexity index is 996. The molecule has 154 valence electrons. The lowest BCUT2D eigenvalue weighted by Gasteiger charge is -2.18. The highest BCUT2D eigenvalue weighted by atomic mass is 32.1. The lowest BCUT2D eigenvalue weighted by atomic mass is 9.90. The lowest BCUT2D eigenvalue weighted by molar-refractivity contribution is -0.115. The van der Waals surface area contributed by atoms with E-state index in [-0.39, 0.29) is 18.4 Å². The zero-order valence-corrected chi connectivity index (χ0v) is 17.5. The van der Waals surface area contributed by atoms with E-state index >= 15 is 0 Å². The second kappa shape index (κ2) is 9.63. The van der Waals surface area contributed by atoms with Gasteiger partial charge in [-0.05, 0) is 36.1 Å². The minimum atomic E-state index is -0.310. The molecule has 0 aliphatic heterocycles. The monoisotopic (exact) mass is 420 g/mol. The van der Waals surface area contributed by atoms with Gasteiger partial charge in [-0.2, -0.15) is 0 Å². The molecule has 6 nitrogen and oxygen atoms in total. The van der Waals surface area contributed by atoms with Crippen molar-refractivity contribution in [2.45, 2.75) is 38.0 Å². The van der Waals surface area contributed by atoms with Crippen molar-refractivity contribution in [2.24, 2.45) is 0 Å². The van der Waals surface area contributed by atoms with Crippen molar-refractivity contribution in [3.8, 4) is 11.1 Å². The number of hydrogen-bond donors (Lipinski definition) is 2. The van der Waals surface area contributed by atoms with E-state index in [1.54, 1.807) is 12.1 Å². The van der Waals surface area contributed by atoms with Crippen LogP contribution >= 0.6 is 11.3 Å². The van der Waals surface area contributed by atoms with Crippen LogP contribution in [-0.4, -0.2) is 28.6 Å². The Kier molecular flexibility index (Phi) is 6.49. The molecule has 1 aromatic heterocycles. The molecule has 0 unspecified atom stereocenters. The van der Waals surface area contributed by atoms with Crippen molar-refractivity contribution in [2.75, 3.05) is 11.9 Å². The zero-order valence-electron chi connectivity index (χ0n) is 16.6. The van der Waals surface area contributed by atoms with E-state index in [0.29, 0.717) is 16.6 Å². The maximum atomic E-state index is 12.3. The summed E-state index contributed by atoms with van der Waals surface area (Å²) in [6.07, 6.45) is 6.02. The molecule has 1 fully saturated rings. The normalized spacial score (nSPS) is 14.3. The van der Waals surface area contributed by atoms with Gasteiger partial charge in [0.25, 0.3) is 5.91 Å². The lowest BCUT2D eigenvalue weighted by Crippen LogP contribution is -2.32. The van der Waals surface area contributed by atoms with Crippen LogP contribution in [0.3, 0.4) is 0 Å². The zero-order chi connectivity index (χ0) is 20.8. The molecule has 0 bridgehead atoms. The number of nitrogens with zero attached hydrogens (tertiary/aromatic N) is 2. The van der Waals surface area contributed by atoms with Gasteiger partial charge in [0.2, 0.25) is 11.0 Å². The third-order valence-corrected chi connectivity index (χ3v) is 6.31. The summed E-state index contributed by atoms with van der Waals surface area (Å²) in [7, 11) is 0. The second-order valence-electron chi connectivity index (χ2n) is 7.45. The number of amides is 2. The molecule has 0 spiro atoms. The predicted molar refractivity (Wildman–Crippen MR) is 119 cm³/mol. The fourth-order valence-electron chi connectivity index (χ4n) is 3.67. The number of carbonyl (C=O) groups excluding carboxylic acids is 2. The second-order valence-corrected chi connectivity index (χ2v) is 8.46. The van der Waals surface area contributed by atoms with Gasteiger partial charge in [-0.25, -0.2) is 0 Å². The van der Waals surface area contributed by atoms with Crippen molar-refractivity contribution in [3.05, 3.63) is 65.2 Å². The van der Waals surface area contributed by atoms with Crippen molar-refractivity contribution < 1.29 is 9.59 Å². The van der Waals surface area contributed by atoms with Crippen molar-refractivity contribution >= 4 is 28.3 Å². The molecular weight excluding hydrogens is 396 g/mol.